The number of carbonyl (C=O) groups is 2. The number of hydrogen-bond donors (Lipinski definition) is 2. The van der Waals surface area contributed by atoms with Gasteiger partial charge in [0.05, 0.1) is 6.10 Å². The molecule has 0 saturated heterocycles. The second-order valence-corrected chi connectivity index (χ2v) is 13.0. The average Bonchev–Trinajstić information content (AvgIpc) is 3.21. The Morgan fingerprint density at radius 3 is 2.50 bits per heavy atom. The normalized spacial score (nSPS) is 49.7. The fourth-order valence-electron chi connectivity index (χ4n) is 9.55. The molecule has 2 N–H and O–H groups in total. The van der Waals surface area contributed by atoms with Gasteiger partial charge in [-0.25, -0.2) is 4.79 Å². The number of hydrogen-bond acceptors (Lipinski definition) is 5. The molecule has 5 heteroatoms. The Bertz CT molecular complexity index is 975. The van der Waals surface area contributed by atoms with Crippen molar-refractivity contribution in [1.82, 2.24) is 0 Å². The van der Waals surface area contributed by atoms with E-state index >= 15 is 0 Å². The van der Waals surface area contributed by atoms with E-state index in [2.05, 4.69) is 40.7 Å². The van der Waals surface area contributed by atoms with Gasteiger partial charge in [-0.1, -0.05) is 39.3 Å². The number of ketones is 1. The highest BCUT2D eigenvalue weighted by Crippen LogP contribution is 2.73. The summed E-state index contributed by atoms with van der Waals surface area (Å²) in [6.45, 7) is 12.7. The van der Waals surface area contributed by atoms with Crippen LogP contribution in [0.2, 0.25) is 0 Å². The summed E-state index contributed by atoms with van der Waals surface area (Å²) in [5, 5.41) is 22.0. The molecule has 34 heavy (non-hydrogen) atoms. The minimum atomic E-state index is -1.05. The smallest absolute Gasteiger partial charge is 0.334 e. The number of fused-ring (bicyclic) bond motifs is 7. The highest BCUT2D eigenvalue weighted by Gasteiger charge is 2.74. The molecule has 4 saturated carbocycles. The molecule has 0 aromatic rings. The van der Waals surface area contributed by atoms with Gasteiger partial charge >= 0.3 is 5.97 Å². The number of ether oxygens (including phenoxy) is 1. The van der Waals surface area contributed by atoms with Gasteiger partial charge in [0.15, 0.2) is 5.78 Å². The second-order valence-electron chi connectivity index (χ2n) is 13.0. The Balaban J connectivity index is 1.57. The number of Topliss-reactive ketones (excluding diaryl/α,β-unsaturated/α-hetero) is 1. The molecule has 4 fully saturated rings. The van der Waals surface area contributed by atoms with Gasteiger partial charge in [-0.05, 0) is 93.0 Å². The molecule has 0 radical (unpaired) electrons. The average molecular weight is 471 g/mol. The van der Waals surface area contributed by atoms with Crippen LogP contribution in [0.4, 0.5) is 0 Å². The molecular formula is C29H42O5. The van der Waals surface area contributed by atoms with Crippen LogP contribution in [0.1, 0.15) is 86.5 Å². The third-order valence-electron chi connectivity index (χ3n) is 11.3. The SMILES string of the molecule is CC(C)=CCCC1=C2[C@H](C[C@@]3(C)[C@H]2CC[C@H]2[C@@]4(C)CC[C@H](O)[C@@H](C)[C@@H]4[C@H](O)C(=O)[C@@]23C)OC1=O. The predicted molar refractivity (Wildman–Crippen MR) is 130 cm³/mol. The van der Waals surface area contributed by atoms with Crippen molar-refractivity contribution in [3.05, 3.63) is 22.8 Å². The summed E-state index contributed by atoms with van der Waals surface area (Å²) in [5.41, 5.74) is 2.00. The van der Waals surface area contributed by atoms with Crippen molar-refractivity contribution in [1.29, 1.82) is 0 Å². The maximum Gasteiger partial charge on any atom is 0.334 e. The Labute approximate surface area is 204 Å². The van der Waals surface area contributed by atoms with Gasteiger partial charge in [0.1, 0.15) is 12.2 Å². The molecule has 188 valence electrons. The maximum atomic E-state index is 14.1. The molecule has 0 unspecified atom stereocenters. The first-order valence-electron chi connectivity index (χ1n) is 13.4. The van der Waals surface area contributed by atoms with Crippen molar-refractivity contribution in [2.24, 2.45) is 39.9 Å². The summed E-state index contributed by atoms with van der Waals surface area (Å²) in [6.07, 6.45) is 6.02. The van der Waals surface area contributed by atoms with Crippen LogP contribution in [0.25, 0.3) is 0 Å². The van der Waals surface area contributed by atoms with Crippen LogP contribution in [0.3, 0.4) is 0 Å². The largest absolute Gasteiger partial charge is 0.454 e. The van der Waals surface area contributed by atoms with E-state index in [0.29, 0.717) is 12.8 Å². The van der Waals surface area contributed by atoms with Crippen molar-refractivity contribution in [2.75, 3.05) is 0 Å². The molecule has 1 heterocycles. The van der Waals surface area contributed by atoms with Crippen LogP contribution in [-0.2, 0) is 14.3 Å². The lowest BCUT2D eigenvalue weighted by molar-refractivity contribution is -0.222. The van der Waals surface area contributed by atoms with Gasteiger partial charge in [-0.15, -0.1) is 0 Å². The van der Waals surface area contributed by atoms with E-state index in [-0.39, 0.29) is 52.4 Å². The van der Waals surface area contributed by atoms with Gasteiger partial charge < -0.3 is 14.9 Å². The summed E-state index contributed by atoms with van der Waals surface area (Å²) in [6, 6.07) is 0. The number of esters is 1. The number of aliphatic hydroxyl groups is 2. The summed E-state index contributed by atoms with van der Waals surface area (Å²) in [7, 11) is 0. The fraction of sp³-hybridized carbons (Fsp3) is 0.793. The quantitative estimate of drug-likeness (QED) is 0.459. The van der Waals surface area contributed by atoms with E-state index in [9.17, 15) is 19.8 Å². The van der Waals surface area contributed by atoms with Crippen LogP contribution in [-0.4, -0.2) is 40.3 Å². The van der Waals surface area contributed by atoms with E-state index in [4.69, 9.17) is 4.74 Å². The molecule has 0 spiro atoms. The molecule has 4 aliphatic carbocycles. The summed E-state index contributed by atoms with van der Waals surface area (Å²) in [5.74, 6) is -0.239. The first-order chi connectivity index (χ1) is 15.9. The van der Waals surface area contributed by atoms with E-state index in [1.54, 1.807) is 0 Å². The summed E-state index contributed by atoms with van der Waals surface area (Å²) in [4.78, 5) is 26.9. The fourth-order valence-corrected chi connectivity index (χ4v) is 9.55. The standard InChI is InChI=1S/C29H42O5/c1-15(2)8-7-9-17-22-18-10-11-21-27(4)13-12-19(30)16(3)23(27)24(31)25(32)29(21,6)28(18,5)14-20(22)34-26(17)33/h8,16,18-21,23-24,30-31H,7,9-14H2,1-6H3/t16-,18+,19+,20+,21+,23-,24+,27-,28+,29-/m1/s1. The number of aliphatic hydroxyl groups excluding tert-OH is 2. The zero-order valence-electron chi connectivity index (χ0n) is 21.7. The first kappa shape index (κ1) is 24.2. The molecule has 10 atom stereocenters. The van der Waals surface area contributed by atoms with Crippen molar-refractivity contribution in [2.45, 2.75) is 105 Å². The van der Waals surface area contributed by atoms with Crippen LogP contribution in [0.5, 0.6) is 0 Å². The topological polar surface area (TPSA) is 83.8 Å². The van der Waals surface area contributed by atoms with E-state index < -0.39 is 17.6 Å². The minimum absolute atomic E-state index is 0.0499. The summed E-state index contributed by atoms with van der Waals surface area (Å²) < 4.78 is 5.92. The zero-order valence-corrected chi connectivity index (χ0v) is 21.7. The van der Waals surface area contributed by atoms with Crippen molar-refractivity contribution < 1.29 is 24.5 Å². The lowest BCUT2D eigenvalue weighted by Gasteiger charge is -2.67. The van der Waals surface area contributed by atoms with Gasteiger partial charge in [0.2, 0.25) is 0 Å². The van der Waals surface area contributed by atoms with Gasteiger partial charge in [-0.3, -0.25) is 4.79 Å². The van der Waals surface area contributed by atoms with Crippen LogP contribution in [0.15, 0.2) is 22.8 Å². The molecule has 0 amide bonds. The minimum Gasteiger partial charge on any atom is -0.454 e. The number of rotatable bonds is 3. The lowest BCUT2D eigenvalue weighted by atomic mass is 9.36. The first-order valence-corrected chi connectivity index (χ1v) is 13.4. The molecule has 5 aliphatic rings. The third-order valence-corrected chi connectivity index (χ3v) is 11.3. The zero-order chi connectivity index (χ0) is 24.8. The van der Waals surface area contributed by atoms with Gasteiger partial charge in [0, 0.05) is 16.9 Å². The second kappa shape index (κ2) is 7.77. The lowest BCUT2D eigenvalue weighted by Crippen LogP contribution is -2.70. The molecule has 0 bridgehead atoms. The predicted octanol–water partition coefficient (Wildman–Crippen LogP) is 4.75. The number of allylic oxidation sites excluding steroid dienone is 2. The van der Waals surface area contributed by atoms with Gasteiger partial charge in [0.25, 0.3) is 0 Å². The Morgan fingerprint density at radius 2 is 1.82 bits per heavy atom. The van der Waals surface area contributed by atoms with Crippen LogP contribution < -0.4 is 0 Å². The molecule has 0 aromatic carbocycles. The molecule has 5 nitrogen and oxygen atoms in total. The van der Waals surface area contributed by atoms with Crippen molar-refractivity contribution >= 4 is 11.8 Å². The Kier molecular flexibility index (Phi) is 5.54. The van der Waals surface area contributed by atoms with E-state index in [0.717, 1.165) is 43.3 Å². The van der Waals surface area contributed by atoms with Gasteiger partial charge in [-0.2, -0.15) is 0 Å². The van der Waals surface area contributed by atoms with Crippen molar-refractivity contribution in [3.8, 4) is 0 Å². The Hall–Kier alpha value is -1.46. The van der Waals surface area contributed by atoms with E-state index in [1.165, 1.54) is 5.57 Å². The Morgan fingerprint density at radius 1 is 1.12 bits per heavy atom. The van der Waals surface area contributed by atoms with E-state index in [1.807, 2.05) is 6.92 Å². The van der Waals surface area contributed by atoms with Crippen LogP contribution >= 0.6 is 0 Å². The molecule has 0 aromatic heterocycles. The molecule has 1 aliphatic heterocycles. The highest BCUT2D eigenvalue weighted by molar-refractivity contribution is 5.94. The molecule has 5 rings (SSSR count). The maximum absolute atomic E-state index is 14.1. The van der Waals surface area contributed by atoms with Crippen molar-refractivity contribution in [3.63, 3.8) is 0 Å². The third kappa shape index (κ3) is 2.92. The highest BCUT2D eigenvalue weighted by atomic mass is 16.5. The van der Waals surface area contributed by atoms with Crippen LogP contribution in [0, 0.1) is 39.9 Å². The number of carbonyl (C=O) groups excluding carboxylic acids is 2. The summed E-state index contributed by atoms with van der Waals surface area (Å²) >= 11 is 0. The molecular weight excluding hydrogens is 428 g/mol. The monoisotopic (exact) mass is 470 g/mol.